The molecule has 0 heterocycles. The zero-order chi connectivity index (χ0) is 24.7. The smallest absolute Gasteiger partial charge is 0.412 e. The van der Waals surface area contributed by atoms with Crippen molar-refractivity contribution in [2.75, 3.05) is 0 Å². The summed E-state index contributed by atoms with van der Waals surface area (Å²) in [5, 5.41) is 0. The van der Waals surface area contributed by atoms with Gasteiger partial charge in [-0.2, -0.15) is 52.7 Å². The van der Waals surface area contributed by atoms with Gasteiger partial charge >= 0.3 is 33.0 Å². The lowest BCUT2D eigenvalue weighted by molar-refractivity contribution is -0.144. The predicted molar refractivity (Wildman–Crippen MR) is 85.4 cm³/mol. The highest BCUT2D eigenvalue weighted by atomic mass is 31.1. The molecule has 2 N–H and O–H groups in total. The van der Waals surface area contributed by atoms with Crippen molar-refractivity contribution in [1.82, 2.24) is 0 Å². The first-order valence-electron chi connectivity index (χ1n) is 7.69. The van der Waals surface area contributed by atoms with E-state index >= 15 is 0 Å². The Hall–Kier alpha value is -2.74. The molecule has 2 aromatic carbocycles. The first-order chi connectivity index (χ1) is 14.3. The predicted octanol–water partition coefficient (Wildman–Crippen LogP) is 7.05. The van der Waals surface area contributed by atoms with Crippen LogP contribution < -0.4 is 9.05 Å². The van der Waals surface area contributed by atoms with E-state index < -0.39 is 66.7 Å². The third-order valence-corrected chi connectivity index (χ3v) is 4.20. The average Bonchev–Trinajstić information content (AvgIpc) is 2.58. The van der Waals surface area contributed by atoms with Gasteiger partial charge in [-0.15, -0.1) is 0 Å². The molecule has 184 valence electrons. The minimum absolute atomic E-state index is 0. The number of benzene rings is 2. The number of halogens is 12. The average molecular weight is 523 g/mol. The molecule has 0 bridgehead atoms. The summed E-state index contributed by atoms with van der Waals surface area (Å²) in [7, 11) is -3.85. The maximum Gasteiger partial charge on any atom is 0.805 e. The van der Waals surface area contributed by atoms with E-state index in [0.29, 0.717) is 0 Å². The standard InChI is InChI=1S/C16H6F12O3P.H2O/c17-13(18,19)7-1-8(14(20,21)22)4-11(3-7)30-32(29)31-12-5-9(15(23,24)25)2-10(6-12)16(26,27)28;/h1-6H;1H2/q+1;. The SMILES string of the molecule is O.O=[P+](Oc1cc(C(F)(F)F)cc(C(F)(F)F)c1)Oc1cc(C(F)(F)F)cc(C(F)(F)F)c1. The number of alkyl halides is 12. The fourth-order valence-electron chi connectivity index (χ4n) is 2.15. The molecule has 0 amide bonds. The van der Waals surface area contributed by atoms with E-state index in [1.165, 1.54) is 0 Å². The van der Waals surface area contributed by atoms with E-state index in [4.69, 9.17) is 0 Å². The maximum atomic E-state index is 12.8. The second-order valence-corrected chi connectivity index (χ2v) is 6.70. The Morgan fingerprint density at radius 3 is 0.879 bits per heavy atom. The molecule has 4 nitrogen and oxygen atoms in total. The highest BCUT2D eigenvalue weighted by molar-refractivity contribution is 7.34. The maximum absolute atomic E-state index is 12.8. The molecule has 2 rings (SSSR count). The van der Waals surface area contributed by atoms with Gasteiger partial charge < -0.3 is 5.48 Å². The summed E-state index contributed by atoms with van der Waals surface area (Å²) in [6.45, 7) is 0. The number of hydrogen-bond acceptors (Lipinski definition) is 3. The van der Waals surface area contributed by atoms with Crippen LogP contribution in [-0.4, -0.2) is 5.48 Å². The Kier molecular flexibility index (Phi) is 7.93. The van der Waals surface area contributed by atoms with Gasteiger partial charge in [0.2, 0.25) is 0 Å². The van der Waals surface area contributed by atoms with E-state index in [2.05, 4.69) is 9.05 Å². The van der Waals surface area contributed by atoms with Crippen molar-refractivity contribution in [3.8, 4) is 11.5 Å². The van der Waals surface area contributed by atoms with Crippen molar-refractivity contribution in [3.63, 3.8) is 0 Å². The van der Waals surface area contributed by atoms with E-state index in [1.54, 1.807) is 0 Å². The Labute approximate surface area is 176 Å². The summed E-state index contributed by atoms with van der Waals surface area (Å²) in [4.78, 5) is 0. The molecule has 0 aliphatic rings. The molecular formula is C16H8F12O4P+. The first-order valence-corrected chi connectivity index (χ1v) is 8.78. The Morgan fingerprint density at radius 2 is 0.697 bits per heavy atom. The van der Waals surface area contributed by atoms with Gasteiger partial charge in [-0.1, -0.05) is 0 Å². The minimum atomic E-state index is -5.30. The quantitative estimate of drug-likeness (QED) is 0.319. The number of rotatable bonds is 4. The van der Waals surface area contributed by atoms with Crippen LogP contribution in [0.25, 0.3) is 0 Å². The lowest BCUT2D eigenvalue weighted by Crippen LogP contribution is -2.11. The first kappa shape index (κ1) is 28.3. The molecule has 0 unspecified atom stereocenters. The molecule has 0 saturated carbocycles. The van der Waals surface area contributed by atoms with Crippen LogP contribution in [0.1, 0.15) is 22.3 Å². The van der Waals surface area contributed by atoms with Gasteiger partial charge in [0.05, 0.1) is 22.3 Å². The van der Waals surface area contributed by atoms with Crippen LogP contribution in [0.15, 0.2) is 36.4 Å². The fraction of sp³-hybridized carbons (Fsp3) is 0.250. The summed E-state index contributed by atoms with van der Waals surface area (Å²) in [5.74, 6) is -2.62. The van der Waals surface area contributed by atoms with Crippen LogP contribution in [0.3, 0.4) is 0 Å². The van der Waals surface area contributed by atoms with Gasteiger partial charge in [-0.25, -0.2) is 9.05 Å². The van der Waals surface area contributed by atoms with Crippen molar-refractivity contribution >= 4 is 8.25 Å². The molecule has 0 saturated heterocycles. The third-order valence-electron chi connectivity index (χ3n) is 3.48. The van der Waals surface area contributed by atoms with Gasteiger partial charge in [-0.05, 0) is 36.4 Å². The normalized spacial score (nSPS) is 12.7. The van der Waals surface area contributed by atoms with E-state index in [9.17, 15) is 57.3 Å². The van der Waals surface area contributed by atoms with Crippen molar-refractivity contribution in [1.29, 1.82) is 0 Å². The third kappa shape index (κ3) is 7.67. The van der Waals surface area contributed by atoms with Gasteiger partial charge in [0.1, 0.15) is 0 Å². The largest absolute Gasteiger partial charge is 0.805 e. The lowest BCUT2D eigenvalue weighted by Gasteiger charge is -2.12. The fourth-order valence-corrected chi connectivity index (χ4v) is 2.74. The minimum Gasteiger partial charge on any atom is -0.412 e. The Bertz CT molecular complexity index is 864. The summed E-state index contributed by atoms with van der Waals surface area (Å²) in [6, 6.07) is -0.636. The van der Waals surface area contributed by atoms with Crippen LogP contribution in [0, 0.1) is 0 Å². The highest BCUT2D eigenvalue weighted by Crippen LogP contribution is 2.42. The summed E-state index contributed by atoms with van der Waals surface area (Å²) in [6.07, 6.45) is -21.2. The second kappa shape index (κ2) is 9.25. The monoisotopic (exact) mass is 523 g/mol. The molecular weight excluding hydrogens is 515 g/mol. The zero-order valence-corrected chi connectivity index (χ0v) is 16.1. The molecule has 33 heavy (non-hydrogen) atoms. The highest BCUT2D eigenvalue weighted by Gasteiger charge is 2.40. The summed E-state index contributed by atoms with van der Waals surface area (Å²) >= 11 is 0. The van der Waals surface area contributed by atoms with Gasteiger partial charge in [0.15, 0.2) is 11.5 Å². The van der Waals surface area contributed by atoms with Crippen molar-refractivity contribution in [2.24, 2.45) is 0 Å². The Morgan fingerprint density at radius 1 is 0.485 bits per heavy atom. The molecule has 0 atom stereocenters. The van der Waals surface area contributed by atoms with E-state index in [0.717, 1.165) is 0 Å². The molecule has 0 aromatic heterocycles. The number of hydrogen-bond donors (Lipinski definition) is 0. The van der Waals surface area contributed by atoms with Crippen molar-refractivity contribution < 1.29 is 71.8 Å². The van der Waals surface area contributed by atoms with E-state index in [-0.39, 0.29) is 41.9 Å². The van der Waals surface area contributed by atoms with Crippen LogP contribution >= 0.6 is 8.25 Å². The molecule has 17 heteroatoms. The zero-order valence-electron chi connectivity index (χ0n) is 15.2. The van der Waals surface area contributed by atoms with Crippen molar-refractivity contribution in [3.05, 3.63) is 58.7 Å². The summed E-state index contributed by atoms with van der Waals surface area (Å²) < 4.78 is 174. The molecule has 0 fully saturated rings. The van der Waals surface area contributed by atoms with Gasteiger partial charge in [-0.3, -0.25) is 0 Å². The van der Waals surface area contributed by atoms with Crippen LogP contribution in [0.2, 0.25) is 0 Å². The molecule has 0 radical (unpaired) electrons. The van der Waals surface area contributed by atoms with Gasteiger partial charge in [0, 0.05) is 4.57 Å². The molecule has 0 spiro atoms. The molecule has 2 aromatic rings. The summed E-state index contributed by atoms with van der Waals surface area (Å²) in [5.41, 5.74) is -7.48. The van der Waals surface area contributed by atoms with Crippen LogP contribution in [-0.2, 0) is 29.3 Å². The second-order valence-electron chi connectivity index (χ2n) is 5.89. The molecule has 0 aliphatic heterocycles. The molecule has 0 aliphatic carbocycles. The van der Waals surface area contributed by atoms with Crippen LogP contribution in [0.5, 0.6) is 11.5 Å². The van der Waals surface area contributed by atoms with E-state index in [1.807, 2.05) is 0 Å². The topological polar surface area (TPSA) is 67.0 Å². The van der Waals surface area contributed by atoms with Crippen molar-refractivity contribution in [2.45, 2.75) is 24.7 Å². The van der Waals surface area contributed by atoms with Gasteiger partial charge in [0.25, 0.3) is 0 Å². The van der Waals surface area contributed by atoms with Crippen LogP contribution in [0.4, 0.5) is 52.7 Å². The lowest BCUT2D eigenvalue weighted by atomic mass is 10.1. The Balaban J connectivity index is 0.00000544.